The van der Waals surface area contributed by atoms with Crippen molar-refractivity contribution in [2.75, 3.05) is 13.2 Å². The largest absolute Gasteiger partial charge is 0.494 e. The summed E-state index contributed by atoms with van der Waals surface area (Å²) in [6.07, 6.45) is 0.366. The van der Waals surface area contributed by atoms with Gasteiger partial charge in [-0.05, 0) is 44.0 Å². The number of tetrazole rings is 1. The van der Waals surface area contributed by atoms with Crippen molar-refractivity contribution in [3.05, 3.63) is 29.1 Å². The van der Waals surface area contributed by atoms with Crippen LogP contribution >= 0.6 is 0 Å². The van der Waals surface area contributed by atoms with Gasteiger partial charge in [-0.25, -0.2) is 13.1 Å². The van der Waals surface area contributed by atoms with E-state index in [9.17, 15) is 8.42 Å². The van der Waals surface area contributed by atoms with Crippen molar-refractivity contribution in [3.8, 4) is 5.75 Å². The zero-order valence-electron chi connectivity index (χ0n) is 12.8. The lowest BCUT2D eigenvalue weighted by atomic mass is 10.1. The summed E-state index contributed by atoms with van der Waals surface area (Å²) < 4.78 is 32.8. The Kier molecular flexibility index (Phi) is 5.09. The molecule has 0 atom stereocenters. The lowest BCUT2D eigenvalue weighted by molar-refractivity contribution is 0.337. The van der Waals surface area contributed by atoms with Crippen LogP contribution < -0.4 is 9.46 Å². The number of aryl methyl sites for hydroxylation is 2. The second kappa shape index (κ2) is 6.84. The molecule has 0 aliphatic carbocycles. The standard InChI is InChI=1S/C13H19N5O3S/c1-4-21-11-7-10(3)12(8-9(11)2)22(19,20)14-6-5-13-15-17-18-16-13/h7-8,14H,4-6H2,1-3H3,(H,15,16,17,18). The van der Waals surface area contributed by atoms with E-state index in [4.69, 9.17) is 4.74 Å². The Morgan fingerprint density at radius 1 is 1.27 bits per heavy atom. The van der Waals surface area contributed by atoms with Crippen molar-refractivity contribution in [2.45, 2.75) is 32.1 Å². The van der Waals surface area contributed by atoms with E-state index in [0.717, 1.165) is 5.56 Å². The van der Waals surface area contributed by atoms with Crippen LogP contribution in [-0.2, 0) is 16.4 Å². The molecule has 0 saturated carbocycles. The molecule has 0 fully saturated rings. The van der Waals surface area contributed by atoms with Crippen molar-refractivity contribution in [1.82, 2.24) is 25.3 Å². The Labute approximate surface area is 129 Å². The number of rotatable bonds is 7. The van der Waals surface area contributed by atoms with Gasteiger partial charge in [0.1, 0.15) is 5.75 Å². The highest BCUT2D eigenvalue weighted by Gasteiger charge is 2.18. The molecule has 0 saturated heterocycles. The number of sulfonamides is 1. The summed E-state index contributed by atoms with van der Waals surface area (Å²) in [6, 6.07) is 3.36. The lowest BCUT2D eigenvalue weighted by Crippen LogP contribution is -2.27. The quantitative estimate of drug-likeness (QED) is 0.777. The molecule has 0 aliphatic rings. The highest BCUT2D eigenvalue weighted by atomic mass is 32.2. The zero-order chi connectivity index (χ0) is 16.2. The first-order valence-corrected chi connectivity index (χ1v) is 8.38. The van der Waals surface area contributed by atoms with E-state index in [0.29, 0.717) is 30.2 Å². The Hall–Kier alpha value is -2.00. The average Bonchev–Trinajstić information content (AvgIpc) is 2.95. The van der Waals surface area contributed by atoms with Gasteiger partial charge in [0.05, 0.1) is 11.5 Å². The van der Waals surface area contributed by atoms with E-state index < -0.39 is 10.0 Å². The van der Waals surface area contributed by atoms with Crippen molar-refractivity contribution in [1.29, 1.82) is 0 Å². The van der Waals surface area contributed by atoms with Crippen LogP contribution in [0.1, 0.15) is 23.9 Å². The van der Waals surface area contributed by atoms with Crippen LogP contribution in [-0.4, -0.2) is 42.2 Å². The summed E-state index contributed by atoms with van der Waals surface area (Å²) in [7, 11) is -3.59. The van der Waals surface area contributed by atoms with Gasteiger partial charge >= 0.3 is 0 Å². The van der Waals surface area contributed by atoms with Crippen molar-refractivity contribution in [2.24, 2.45) is 0 Å². The summed E-state index contributed by atoms with van der Waals surface area (Å²) in [5.74, 6) is 1.16. The second-order valence-electron chi connectivity index (χ2n) is 4.79. The molecule has 1 aromatic carbocycles. The Morgan fingerprint density at radius 3 is 2.68 bits per heavy atom. The fraction of sp³-hybridized carbons (Fsp3) is 0.462. The third kappa shape index (κ3) is 3.80. The smallest absolute Gasteiger partial charge is 0.240 e. The minimum atomic E-state index is -3.59. The first-order valence-electron chi connectivity index (χ1n) is 6.90. The number of nitrogens with one attached hydrogen (secondary N) is 2. The molecule has 9 heteroatoms. The maximum atomic E-state index is 12.4. The molecule has 0 bridgehead atoms. The molecule has 2 aromatic rings. The molecular weight excluding hydrogens is 306 g/mol. The summed E-state index contributed by atoms with van der Waals surface area (Å²) in [5, 5.41) is 13.3. The Bertz CT molecular complexity index is 728. The predicted octanol–water partition coefficient (Wildman–Crippen LogP) is 0.736. The normalized spacial score (nSPS) is 11.6. The fourth-order valence-electron chi connectivity index (χ4n) is 2.03. The third-order valence-electron chi connectivity index (χ3n) is 3.09. The molecule has 0 aliphatic heterocycles. The van der Waals surface area contributed by atoms with Gasteiger partial charge in [-0.3, -0.25) is 0 Å². The van der Waals surface area contributed by atoms with E-state index in [1.54, 1.807) is 19.1 Å². The summed E-state index contributed by atoms with van der Waals surface area (Å²) in [6.45, 7) is 6.19. The maximum absolute atomic E-state index is 12.4. The molecule has 0 amide bonds. The van der Waals surface area contributed by atoms with Crippen LogP contribution in [0.4, 0.5) is 0 Å². The fourth-order valence-corrected chi connectivity index (χ4v) is 3.37. The van der Waals surface area contributed by atoms with E-state index >= 15 is 0 Å². The monoisotopic (exact) mass is 325 g/mol. The number of hydrogen-bond donors (Lipinski definition) is 2. The van der Waals surface area contributed by atoms with Crippen LogP contribution in [0.3, 0.4) is 0 Å². The van der Waals surface area contributed by atoms with Crippen molar-refractivity contribution < 1.29 is 13.2 Å². The van der Waals surface area contributed by atoms with Gasteiger partial charge in [-0.1, -0.05) is 5.21 Å². The first kappa shape index (κ1) is 16.4. The molecular formula is C13H19N5O3S. The number of benzene rings is 1. The summed E-state index contributed by atoms with van der Waals surface area (Å²) >= 11 is 0. The number of aromatic amines is 1. The number of aromatic nitrogens is 4. The second-order valence-corrected chi connectivity index (χ2v) is 6.53. The van der Waals surface area contributed by atoms with Gasteiger partial charge in [0.2, 0.25) is 10.0 Å². The maximum Gasteiger partial charge on any atom is 0.240 e. The molecule has 0 unspecified atom stereocenters. The third-order valence-corrected chi connectivity index (χ3v) is 4.69. The van der Waals surface area contributed by atoms with Gasteiger partial charge < -0.3 is 4.74 Å². The molecule has 0 spiro atoms. The predicted molar refractivity (Wildman–Crippen MR) is 80.2 cm³/mol. The summed E-state index contributed by atoms with van der Waals surface area (Å²) in [5.41, 5.74) is 1.42. The molecule has 2 N–H and O–H groups in total. The van der Waals surface area contributed by atoms with Crippen LogP contribution in [0, 0.1) is 13.8 Å². The van der Waals surface area contributed by atoms with E-state index in [2.05, 4.69) is 25.3 Å². The van der Waals surface area contributed by atoms with Crippen molar-refractivity contribution in [3.63, 3.8) is 0 Å². The van der Waals surface area contributed by atoms with E-state index in [1.165, 1.54) is 0 Å². The molecule has 2 rings (SSSR count). The molecule has 22 heavy (non-hydrogen) atoms. The topological polar surface area (TPSA) is 110 Å². The van der Waals surface area contributed by atoms with Gasteiger partial charge in [0, 0.05) is 13.0 Å². The number of hydrogen-bond acceptors (Lipinski definition) is 6. The van der Waals surface area contributed by atoms with Crippen LogP contribution in [0.25, 0.3) is 0 Å². The number of nitrogens with zero attached hydrogens (tertiary/aromatic N) is 3. The Morgan fingerprint density at radius 2 is 2.05 bits per heavy atom. The van der Waals surface area contributed by atoms with Crippen LogP contribution in [0.5, 0.6) is 5.75 Å². The average molecular weight is 325 g/mol. The molecule has 0 radical (unpaired) electrons. The highest BCUT2D eigenvalue weighted by molar-refractivity contribution is 7.89. The SMILES string of the molecule is CCOc1cc(C)c(S(=O)(=O)NCCc2nn[nH]n2)cc1C. The Balaban J connectivity index is 2.13. The minimum Gasteiger partial charge on any atom is -0.494 e. The van der Waals surface area contributed by atoms with Gasteiger partial charge in [-0.2, -0.15) is 5.21 Å². The van der Waals surface area contributed by atoms with Gasteiger partial charge in [0.25, 0.3) is 0 Å². The molecule has 1 aromatic heterocycles. The number of ether oxygens (including phenoxy) is 1. The summed E-state index contributed by atoms with van der Waals surface area (Å²) in [4.78, 5) is 0.251. The highest BCUT2D eigenvalue weighted by Crippen LogP contribution is 2.25. The van der Waals surface area contributed by atoms with Crippen LogP contribution in [0.2, 0.25) is 0 Å². The van der Waals surface area contributed by atoms with E-state index in [-0.39, 0.29) is 11.4 Å². The van der Waals surface area contributed by atoms with Crippen LogP contribution in [0.15, 0.2) is 17.0 Å². The van der Waals surface area contributed by atoms with Crippen molar-refractivity contribution >= 4 is 10.0 Å². The zero-order valence-corrected chi connectivity index (χ0v) is 13.6. The first-order chi connectivity index (χ1) is 10.4. The molecule has 1 heterocycles. The number of H-pyrrole nitrogens is 1. The lowest BCUT2D eigenvalue weighted by Gasteiger charge is -2.13. The molecule has 8 nitrogen and oxygen atoms in total. The van der Waals surface area contributed by atoms with E-state index in [1.807, 2.05) is 13.8 Å². The molecule has 120 valence electrons. The minimum absolute atomic E-state index is 0.202. The van der Waals surface area contributed by atoms with Gasteiger partial charge in [-0.15, -0.1) is 10.2 Å². The van der Waals surface area contributed by atoms with Gasteiger partial charge in [0.15, 0.2) is 5.82 Å².